The van der Waals surface area contributed by atoms with Crippen LogP contribution in [0, 0.1) is 0 Å². The van der Waals surface area contributed by atoms with E-state index in [0.717, 1.165) is 21.6 Å². The van der Waals surface area contributed by atoms with Crippen LogP contribution in [0.15, 0.2) is 79.0 Å². The van der Waals surface area contributed by atoms with Crippen LogP contribution in [-0.2, 0) is 35.1 Å². The predicted molar refractivity (Wildman–Crippen MR) is 145 cm³/mol. The highest BCUT2D eigenvalue weighted by Crippen LogP contribution is 2.32. The van der Waals surface area contributed by atoms with Gasteiger partial charge in [-0.2, -0.15) is 0 Å². The Morgan fingerprint density at radius 3 is 2.10 bits per heavy atom. The van der Waals surface area contributed by atoms with Crippen molar-refractivity contribution in [2.75, 3.05) is 13.2 Å². The van der Waals surface area contributed by atoms with Gasteiger partial charge in [-0.1, -0.05) is 66.7 Å². The van der Waals surface area contributed by atoms with Crippen molar-refractivity contribution in [3.63, 3.8) is 0 Å². The van der Waals surface area contributed by atoms with Gasteiger partial charge < -0.3 is 29.7 Å². The van der Waals surface area contributed by atoms with Crippen LogP contribution < -0.4 is 0 Å². The molecule has 1 fully saturated rings. The van der Waals surface area contributed by atoms with Crippen LogP contribution in [0.1, 0.15) is 30.5 Å². The standard InChI is InChI=1S/C30H30N2O9/c1-19(32(17-26(33)34)27(35)25-18-40-30(41-25,28(36)37)29(38)39)23(14-12-20-8-4-2-5-9-20)24-15-13-22(16-31-24)21-10-6-3-7-11-21/h2-11,13,15-16,19,23,25H,12,14,17-18H2,1H3,(H,33,34)(H,36,37)(H,38,39). The average Bonchev–Trinajstić information content (AvgIpc) is 3.44. The lowest BCUT2D eigenvalue weighted by Crippen LogP contribution is -2.52. The van der Waals surface area contributed by atoms with Gasteiger partial charge in [0.1, 0.15) is 6.54 Å². The summed E-state index contributed by atoms with van der Waals surface area (Å²) >= 11 is 0. The van der Waals surface area contributed by atoms with Gasteiger partial charge in [-0.25, -0.2) is 9.59 Å². The average molecular weight is 563 g/mol. The van der Waals surface area contributed by atoms with Crippen LogP contribution in [0.5, 0.6) is 0 Å². The lowest BCUT2D eigenvalue weighted by molar-refractivity contribution is -0.218. The first-order valence-corrected chi connectivity index (χ1v) is 13.0. The quantitative estimate of drug-likeness (QED) is 0.280. The van der Waals surface area contributed by atoms with Gasteiger partial charge in [-0.15, -0.1) is 0 Å². The Balaban J connectivity index is 1.64. The second-order valence-corrected chi connectivity index (χ2v) is 9.71. The topological polar surface area (TPSA) is 164 Å². The van der Waals surface area contributed by atoms with Gasteiger partial charge in [0, 0.05) is 29.4 Å². The smallest absolute Gasteiger partial charge is 0.377 e. The van der Waals surface area contributed by atoms with Crippen LogP contribution >= 0.6 is 0 Å². The Morgan fingerprint density at radius 1 is 0.927 bits per heavy atom. The van der Waals surface area contributed by atoms with E-state index in [-0.39, 0.29) is 0 Å². The number of pyridine rings is 1. The van der Waals surface area contributed by atoms with E-state index < -0.39 is 60.8 Å². The molecule has 0 bridgehead atoms. The minimum Gasteiger partial charge on any atom is -0.480 e. The molecule has 2 heterocycles. The lowest BCUT2D eigenvalue weighted by atomic mass is 9.88. The van der Waals surface area contributed by atoms with E-state index in [1.807, 2.05) is 72.8 Å². The molecule has 2 aromatic carbocycles. The number of ether oxygens (including phenoxy) is 2. The second kappa shape index (κ2) is 12.7. The molecule has 1 aromatic heterocycles. The van der Waals surface area contributed by atoms with Crippen LogP contribution in [0.25, 0.3) is 11.1 Å². The minimum absolute atomic E-state index is 0.436. The fourth-order valence-corrected chi connectivity index (χ4v) is 4.90. The zero-order chi connectivity index (χ0) is 29.6. The summed E-state index contributed by atoms with van der Waals surface area (Å²) in [5.41, 5.74) is 3.53. The Morgan fingerprint density at radius 2 is 1.56 bits per heavy atom. The summed E-state index contributed by atoms with van der Waals surface area (Å²) in [5, 5.41) is 28.4. The van der Waals surface area contributed by atoms with Crippen molar-refractivity contribution in [1.82, 2.24) is 9.88 Å². The molecule has 0 radical (unpaired) electrons. The third-order valence-electron chi connectivity index (χ3n) is 7.11. The molecule has 41 heavy (non-hydrogen) atoms. The molecule has 3 atom stereocenters. The van der Waals surface area contributed by atoms with E-state index in [0.29, 0.717) is 18.5 Å². The Kier molecular flexibility index (Phi) is 9.10. The summed E-state index contributed by atoms with van der Waals surface area (Å²) in [5.74, 6) is -9.55. The molecule has 3 aromatic rings. The van der Waals surface area contributed by atoms with Crippen molar-refractivity contribution < 1.29 is 44.0 Å². The molecule has 0 aliphatic carbocycles. The number of hydrogen-bond acceptors (Lipinski definition) is 7. The monoisotopic (exact) mass is 562 g/mol. The summed E-state index contributed by atoms with van der Waals surface area (Å²) in [7, 11) is 0. The first kappa shape index (κ1) is 29.4. The zero-order valence-electron chi connectivity index (χ0n) is 22.3. The van der Waals surface area contributed by atoms with E-state index in [1.54, 1.807) is 13.1 Å². The number of benzene rings is 2. The fraction of sp³-hybridized carbons (Fsp3) is 0.300. The molecule has 3 N–H and O–H groups in total. The highest BCUT2D eigenvalue weighted by atomic mass is 16.8. The highest BCUT2D eigenvalue weighted by Gasteiger charge is 2.58. The van der Waals surface area contributed by atoms with Crippen LogP contribution in [0.4, 0.5) is 0 Å². The third kappa shape index (κ3) is 6.59. The van der Waals surface area contributed by atoms with Crippen molar-refractivity contribution in [1.29, 1.82) is 0 Å². The molecule has 4 rings (SSSR count). The summed E-state index contributed by atoms with van der Waals surface area (Å²) in [6.07, 6.45) is 1.20. The van der Waals surface area contributed by atoms with E-state index in [2.05, 4.69) is 4.98 Å². The molecule has 214 valence electrons. The van der Waals surface area contributed by atoms with Gasteiger partial charge in [0.25, 0.3) is 5.91 Å². The number of rotatable bonds is 12. The van der Waals surface area contributed by atoms with Crippen LogP contribution in [-0.4, -0.2) is 80.1 Å². The molecule has 1 aliphatic heterocycles. The normalized spacial score (nSPS) is 17.3. The van der Waals surface area contributed by atoms with Gasteiger partial charge in [0.15, 0.2) is 6.10 Å². The highest BCUT2D eigenvalue weighted by molar-refractivity contribution is 6.01. The number of aliphatic carboxylic acids is 3. The molecular formula is C30H30N2O9. The molecule has 11 heteroatoms. The largest absolute Gasteiger partial charge is 0.480 e. The molecule has 1 aliphatic rings. The van der Waals surface area contributed by atoms with Gasteiger partial charge in [-0.05, 0) is 37.0 Å². The van der Waals surface area contributed by atoms with Crippen molar-refractivity contribution >= 4 is 23.8 Å². The van der Waals surface area contributed by atoms with Crippen molar-refractivity contribution in [2.24, 2.45) is 0 Å². The van der Waals surface area contributed by atoms with E-state index in [4.69, 9.17) is 9.47 Å². The summed E-state index contributed by atoms with van der Waals surface area (Å²) < 4.78 is 10.0. The summed E-state index contributed by atoms with van der Waals surface area (Å²) in [6, 6.07) is 22.3. The number of carbonyl (C=O) groups is 4. The van der Waals surface area contributed by atoms with Gasteiger partial charge in [-0.3, -0.25) is 14.6 Å². The number of carboxylic acid groups (broad SMARTS) is 3. The van der Waals surface area contributed by atoms with E-state index in [1.165, 1.54) is 0 Å². The molecule has 1 saturated heterocycles. The first-order valence-electron chi connectivity index (χ1n) is 13.0. The number of aromatic nitrogens is 1. The Labute approximate surface area is 236 Å². The van der Waals surface area contributed by atoms with Crippen molar-refractivity contribution in [2.45, 2.75) is 43.6 Å². The lowest BCUT2D eigenvalue weighted by Gasteiger charge is -2.35. The second-order valence-electron chi connectivity index (χ2n) is 9.71. The number of aryl methyl sites for hydroxylation is 1. The maximum absolute atomic E-state index is 13.6. The SMILES string of the molecule is CC(C(CCc1ccccc1)c1ccc(-c2ccccc2)cn1)N(CC(=O)O)C(=O)C1COC(C(=O)O)(C(=O)O)O1. The molecule has 0 spiro atoms. The summed E-state index contributed by atoms with van der Waals surface area (Å²) in [4.78, 5) is 54.3. The van der Waals surface area contributed by atoms with Gasteiger partial charge in [0.05, 0.1) is 6.61 Å². The zero-order valence-corrected chi connectivity index (χ0v) is 22.3. The van der Waals surface area contributed by atoms with Gasteiger partial charge >= 0.3 is 23.7 Å². The predicted octanol–water partition coefficient (Wildman–Crippen LogP) is 3.05. The number of hydrogen-bond donors (Lipinski definition) is 3. The Hall–Kier alpha value is -4.61. The number of carbonyl (C=O) groups excluding carboxylic acids is 1. The van der Waals surface area contributed by atoms with Crippen LogP contribution in [0.2, 0.25) is 0 Å². The molecule has 1 amide bonds. The molecule has 3 unspecified atom stereocenters. The maximum Gasteiger partial charge on any atom is 0.377 e. The maximum atomic E-state index is 13.6. The third-order valence-corrected chi connectivity index (χ3v) is 7.11. The minimum atomic E-state index is -3.06. The number of carboxylic acids is 3. The van der Waals surface area contributed by atoms with Crippen molar-refractivity contribution in [3.8, 4) is 11.1 Å². The van der Waals surface area contributed by atoms with Crippen molar-refractivity contribution in [3.05, 3.63) is 90.3 Å². The molecule has 11 nitrogen and oxygen atoms in total. The fourth-order valence-electron chi connectivity index (χ4n) is 4.90. The van der Waals surface area contributed by atoms with Crippen LogP contribution in [0.3, 0.4) is 0 Å². The van der Waals surface area contributed by atoms with E-state index >= 15 is 0 Å². The molecular weight excluding hydrogens is 532 g/mol. The number of amides is 1. The van der Waals surface area contributed by atoms with Gasteiger partial charge in [0.2, 0.25) is 0 Å². The Bertz CT molecular complexity index is 1370. The first-order chi connectivity index (χ1) is 19.6. The number of nitrogens with zero attached hydrogens (tertiary/aromatic N) is 2. The summed E-state index contributed by atoms with van der Waals surface area (Å²) in [6.45, 7) is 0.288. The molecule has 0 saturated carbocycles. The van der Waals surface area contributed by atoms with E-state index in [9.17, 15) is 34.5 Å².